The standard InChI is InChI=1S/C28H30F3N9O2.2C2HF3O2/c1-17(13-41)22-10-23(38-26(37-22)28(29,30)31)42-20-4-2-19(3-5-20)39-14-27(15-39,7-8-32)40-12-18(11-36-40)24-21-6-9-33-25(21)35-16-34-24;2*3-2(4,5)1(6)7/h6,9-12,16-17,19-20,41H,2-5,7,13-15H2,1H3,(H,33,34,35);2*(H,6,7). The van der Waals surface area contributed by atoms with Crippen molar-refractivity contribution in [3.8, 4) is 23.2 Å². The van der Waals surface area contributed by atoms with Gasteiger partial charge in [0.05, 0.1) is 36.7 Å². The molecule has 1 saturated heterocycles. The van der Waals surface area contributed by atoms with Crippen LogP contribution in [-0.2, 0) is 21.3 Å². The van der Waals surface area contributed by atoms with Gasteiger partial charge in [-0.15, -0.1) is 0 Å². The molecule has 2 aliphatic rings. The lowest BCUT2D eigenvalue weighted by Crippen LogP contribution is -2.65. The molecule has 304 valence electrons. The molecule has 4 aromatic heterocycles. The van der Waals surface area contributed by atoms with Crippen LogP contribution in [0, 0.1) is 11.3 Å². The van der Waals surface area contributed by atoms with E-state index in [1.165, 1.54) is 12.4 Å². The minimum atomic E-state index is -5.08. The second-order valence-electron chi connectivity index (χ2n) is 12.8. The number of carbonyl (C=O) groups is 2. The molecule has 0 bridgehead atoms. The molecule has 5 heterocycles. The van der Waals surface area contributed by atoms with E-state index < -0.39 is 47.7 Å². The number of aromatic amines is 1. The van der Waals surface area contributed by atoms with Crippen LogP contribution in [0.15, 0.2) is 37.1 Å². The van der Waals surface area contributed by atoms with Crippen molar-refractivity contribution in [2.75, 3.05) is 19.7 Å². The third-order valence-corrected chi connectivity index (χ3v) is 8.79. The van der Waals surface area contributed by atoms with E-state index in [0.717, 1.165) is 35.1 Å². The zero-order valence-corrected chi connectivity index (χ0v) is 28.9. The Kier molecular flexibility index (Phi) is 13.2. The van der Waals surface area contributed by atoms with Crippen LogP contribution in [0.3, 0.4) is 0 Å². The van der Waals surface area contributed by atoms with E-state index in [4.69, 9.17) is 24.5 Å². The zero-order chi connectivity index (χ0) is 41.6. The van der Waals surface area contributed by atoms with Gasteiger partial charge in [0.15, 0.2) is 0 Å². The summed E-state index contributed by atoms with van der Waals surface area (Å²) in [5, 5.41) is 38.8. The van der Waals surface area contributed by atoms with Crippen LogP contribution in [0.1, 0.15) is 56.5 Å². The molecule has 2 fully saturated rings. The highest BCUT2D eigenvalue weighted by molar-refractivity contribution is 5.90. The summed E-state index contributed by atoms with van der Waals surface area (Å²) >= 11 is 0. The summed E-state index contributed by atoms with van der Waals surface area (Å²) in [4.78, 5) is 39.1. The van der Waals surface area contributed by atoms with E-state index in [-0.39, 0.29) is 30.3 Å². The fourth-order valence-electron chi connectivity index (χ4n) is 5.93. The third kappa shape index (κ3) is 10.6. The Bertz CT molecular complexity index is 1990. The smallest absolute Gasteiger partial charge is 0.475 e. The minimum absolute atomic E-state index is 0.0944. The highest BCUT2D eigenvalue weighted by Crippen LogP contribution is 2.39. The number of aromatic nitrogens is 7. The Labute approximate surface area is 309 Å². The monoisotopic (exact) mass is 809 g/mol. The van der Waals surface area contributed by atoms with E-state index in [9.17, 15) is 49.9 Å². The van der Waals surface area contributed by atoms with Crippen LogP contribution in [0.2, 0.25) is 0 Å². The number of carboxylic acids is 2. The molecule has 1 saturated carbocycles. The molecule has 0 radical (unpaired) electrons. The van der Waals surface area contributed by atoms with Crippen LogP contribution >= 0.6 is 0 Å². The minimum Gasteiger partial charge on any atom is -0.475 e. The van der Waals surface area contributed by atoms with E-state index >= 15 is 0 Å². The normalized spacial score (nSPS) is 19.0. The van der Waals surface area contributed by atoms with Crippen LogP contribution < -0.4 is 4.74 Å². The number of hydrogen-bond acceptors (Lipinski definition) is 11. The number of aliphatic carboxylic acids is 2. The number of likely N-dealkylation sites (tertiary alicyclic amines) is 1. The maximum absolute atomic E-state index is 13.4. The van der Waals surface area contributed by atoms with Gasteiger partial charge in [0.2, 0.25) is 11.7 Å². The van der Waals surface area contributed by atoms with Crippen molar-refractivity contribution in [3.05, 3.63) is 48.6 Å². The molecule has 6 rings (SSSR count). The lowest BCUT2D eigenvalue weighted by Gasteiger charge is -2.53. The predicted octanol–water partition coefficient (Wildman–Crippen LogP) is 5.31. The van der Waals surface area contributed by atoms with Crippen molar-refractivity contribution in [1.82, 2.24) is 39.6 Å². The Morgan fingerprint density at radius 1 is 1.02 bits per heavy atom. The third-order valence-electron chi connectivity index (χ3n) is 8.79. The summed E-state index contributed by atoms with van der Waals surface area (Å²) in [6.07, 6.45) is -4.87. The van der Waals surface area contributed by atoms with Crippen molar-refractivity contribution in [2.45, 2.75) is 81.2 Å². The van der Waals surface area contributed by atoms with Crippen molar-refractivity contribution >= 4 is 23.0 Å². The molecular weight excluding hydrogens is 777 g/mol. The van der Waals surface area contributed by atoms with Gasteiger partial charge >= 0.3 is 30.5 Å². The summed E-state index contributed by atoms with van der Waals surface area (Å²) in [6.45, 7) is 2.60. The quantitative estimate of drug-likeness (QED) is 0.166. The van der Waals surface area contributed by atoms with Gasteiger partial charge in [-0.3, -0.25) is 9.58 Å². The molecule has 0 aromatic carbocycles. The van der Waals surface area contributed by atoms with Crippen molar-refractivity contribution in [3.63, 3.8) is 0 Å². The molecule has 4 N–H and O–H groups in total. The Morgan fingerprint density at radius 3 is 2.16 bits per heavy atom. The number of carboxylic acid groups (broad SMARTS) is 2. The van der Waals surface area contributed by atoms with Crippen molar-refractivity contribution in [2.24, 2.45) is 0 Å². The van der Waals surface area contributed by atoms with E-state index in [0.29, 0.717) is 32.4 Å². The van der Waals surface area contributed by atoms with Gasteiger partial charge in [-0.25, -0.2) is 24.5 Å². The van der Waals surface area contributed by atoms with E-state index in [2.05, 4.69) is 41.0 Å². The first-order valence-corrected chi connectivity index (χ1v) is 16.4. The lowest BCUT2D eigenvalue weighted by molar-refractivity contribution is -0.193. The summed E-state index contributed by atoms with van der Waals surface area (Å²) in [5.41, 5.74) is 2.02. The number of nitrogens with one attached hydrogen (secondary N) is 1. The largest absolute Gasteiger partial charge is 0.490 e. The van der Waals surface area contributed by atoms with Gasteiger partial charge in [-0.1, -0.05) is 6.92 Å². The summed E-state index contributed by atoms with van der Waals surface area (Å²) in [6, 6.07) is 5.91. The van der Waals surface area contributed by atoms with Gasteiger partial charge in [0, 0.05) is 54.5 Å². The van der Waals surface area contributed by atoms with Gasteiger partial charge < -0.3 is 25.0 Å². The van der Waals surface area contributed by atoms with Gasteiger partial charge in [-0.2, -0.15) is 54.9 Å². The Morgan fingerprint density at radius 2 is 1.62 bits per heavy atom. The highest BCUT2D eigenvalue weighted by Gasteiger charge is 2.48. The number of hydrogen-bond donors (Lipinski definition) is 4. The molecule has 0 spiro atoms. The summed E-state index contributed by atoms with van der Waals surface area (Å²) in [7, 11) is 0. The Hall–Kier alpha value is -5.57. The number of alkyl halides is 9. The number of aliphatic hydroxyl groups is 1. The number of nitriles is 1. The number of H-pyrrole nitrogens is 1. The van der Waals surface area contributed by atoms with E-state index in [1.54, 1.807) is 13.1 Å². The first-order valence-electron chi connectivity index (χ1n) is 16.4. The number of nitrogens with zero attached hydrogens (tertiary/aromatic N) is 8. The lowest BCUT2D eigenvalue weighted by atomic mass is 9.82. The number of aliphatic hydroxyl groups excluding tert-OH is 1. The molecule has 1 aliphatic heterocycles. The van der Waals surface area contributed by atoms with Crippen LogP contribution in [0.5, 0.6) is 5.88 Å². The molecule has 1 aliphatic carbocycles. The van der Waals surface area contributed by atoms with Gasteiger partial charge in [0.25, 0.3) is 0 Å². The maximum Gasteiger partial charge on any atom is 0.490 e. The number of halogens is 9. The van der Waals surface area contributed by atoms with E-state index in [1.807, 2.05) is 23.1 Å². The molecule has 56 heavy (non-hydrogen) atoms. The molecular formula is C32H32F9N9O6. The first-order chi connectivity index (χ1) is 26.1. The molecule has 0 amide bonds. The zero-order valence-electron chi connectivity index (χ0n) is 28.9. The summed E-state index contributed by atoms with van der Waals surface area (Å²) < 4.78 is 111. The number of ether oxygens (including phenoxy) is 1. The SMILES string of the molecule is CC(CO)c1cc(OC2CCC(N3CC(CC#N)(n4cc(-c5ncnc6[nH]ccc56)cn4)C3)CC2)nc(C(F)(F)F)n1.O=C(O)C(F)(F)F.O=C(O)C(F)(F)F. The topological polar surface area (TPSA) is 216 Å². The maximum atomic E-state index is 13.4. The van der Waals surface area contributed by atoms with Crippen LogP contribution in [0.25, 0.3) is 22.3 Å². The van der Waals surface area contributed by atoms with Crippen molar-refractivity contribution in [1.29, 1.82) is 5.26 Å². The molecule has 1 atom stereocenters. The first kappa shape index (κ1) is 43.2. The fourth-order valence-corrected chi connectivity index (χ4v) is 5.93. The molecule has 24 heteroatoms. The average molecular weight is 810 g/mol. The molecule has 4 aromatic rings. The van der Waals surface area contributed by atoms with Gasteiger partial charge in [0.1, 0.15) is 23.6 Å². The fraction of sp³-hybridized carbons (Fsp3) is 0.500. The second-order valence-corrected chi connectivity index (χ2v) is 12.8. The number of fused-ring (bicyclic) bond motifs is 1. The Balaban J connectivity index is 0.000000425. The molecule has 15 nitrogen and oxygen atoms in total. The molecule has 1 unspecified atom stereocenters. The second kappa shape index (κ2) is 17.1. The highest BCUT2D eigenvalue weighted by atomic mass is 19.4. The number of rotatable bonds is 8. The van der Waals surface area contributed by atoms with Crippen molar-refractivity contribution < 1.29 is 69.2 Å². The summed E-state index contributed by atoms with van der Waals surface area (Å²) in [5.74, 6) is -7.48. The van der Waals surface area contributed by atoms with Crippen LogP contribution in [-0.4, -0.2) is 111 Å². The van der Waals surface area contributed by atoms with Gasteiger partial charge in [-0.05, 0) is 31.7 Å². The van der Waals surface area contributed by atoms with Crippen LogP contribution in [0.4, 0.5) is 39.5 Å². The average Bonchev–Trinajstić information content (AvgIpc) is 3.80. The predicted molar refractivity (Wildman–Crippen MR) is 171 cm³/mol.